The minimum atomic E-state index is -0.786. The van der Waals surface area contributed by atoms with Gasteiger partial charge in [-0.15, -0.1) is 0 Å². The zero-order chi connectivity index (χ0) is 19.1. The van der Waals surface area contributed by atoms with E-state index >= 15 is 0 Å². The van der Waals surface area contributed by atoms with E-state index in [2.05, 4.69) is 15.3 Å². The van der Waals surface area contributed by atoms with Crippen LogP contribution in [-0.2, 0) is 4.79 Å². The van der Waals surface area contributed by atoms with Crippen molar-refractivity contribution < 1.29 is 14.0 Å². The standard InChI is InChI=1S/C18H16N6O3/c1-9(16(19)25)22-17(26)13-7-21-15-5-3-11(8-24(13)15)10-2-4-14-12(6-10)23-18(20)27-14/h2-9H,1H3,(H2,19,25)(H2,20,23)(H,22,26)/t9-/m0/s1. The van der Waals surface area contributed by atoms with Gasteiger partial charge in [-0.3, -0.25) is 14.0 Å². The van der Waals surface area contributed by atoms with Gasteiger partial charge in [-0.1, -0.05) is 6.07 Å². The van der Waals surface area contributed by atoms with E-state index in [9.17, 15) is 9.59 Å². The van der Waals surface area contributed by atoms with Crippen LogP contribution in [0.3, 0.4) is 0 Å². The van der Waals surface area contributed by atoms with E-state index in [0.717, 1.165) is 11.1 Å². The maximum absolute atomic E-state index is 12.4. The van der Waals surface area contributed by atoms with Crippen molar-refractivity contribution in [2.45, 2.75) is 13.0 Å². The summed E-state index contributed by atoms with van der Waals surface area (Å²) in [6, 6.07) is 8.52. The Kier molecular flexibility index (Phi) is 3.76. The lowest BCUT2D eigenvalue weighted by atomic mass is 10.1. The highest BCUT2D eigenvalue weighted by Crippen LogP contribution is 2.26. The van der Waals surface area contributed by atoms with Crippen LogP contribution >= 0.6 is 0 Å². The molecule has 0 saturated carbocycles. The van der Waals surface area contributed by atoms with Crippen molar-refractivity contribution in [1.29, 1.82) is 0 Å². The molecule has 1 atom stereocenters. The molecule has 2 amide bonds. The first kappa shape index (κ1) is 16.6. The van der Waals surface area contributed by atoms with Crippen molar-refractivity contribution >= 4 is 34.6 Å². The number of nitrogen functional groups attached to an aromatic ring is 1. The van der Waals surface area contributed by atoms with Gasteiger partial charge in [0.1, 0.15) is 22.9 Å². The second-order valence-electron chi connectivity index (χ2n) is 6.12. The van der Waals surface area contributed by atoms with Crippen molar-refractivity contribution in [3.63, 3.8) is 0 Å². The number of primary amides is 1. The molecule has 5 N–H and O–H groups in total. The number of pyridine rings is 1. The number of rotatable bonds is 4. The third-order valence-corrected chi connectivity index (χ3v) is 4.25. The molecule has 9 heteroatoms. The molecule has 4 aromatic rings. The summed E-state index contributed by atoms with van der Waals surface area (Å²) in [5.74, 6) is -1.05. The summed E-state index contributed by atoms with van der Waals surface area (Å²) in [7, 11) is 0. The zero-order valence-corrected chi connectivity index (χ0v) is 14.3. The molecule has 136 valence electrons. The summed E-state index contributed by atoms with van der Waals surface area (Å²) >= 11 is 0. The Labute approximate surface area is 153 Å². The Bertz CT molecular complexity index is 1190. The van der Waals surface area contributed by atoms with Gasteiger partial charge in [0, 0.05) is 6.20 Å². The lowest BCUT2D eigenvalue weighted by Gasteiger charge is -2.10. The van der Waals surface area contributed by atoms with E-state index in [1.807, 2.05) is 18.2 Å². The zero-order valence-electron chi connectivity index (χ0n) is 14.3. The molecule has 27 heavy (non-hydrogen) atoms. The monoisotopic (exact) mass is 364 g/mol. The lowest BCUT2D eigenvalue weighted by molar-refractivity contribution is -0.119. The Morgan fingerprint density at radius 2 is 2.00 bits per heavy atom. The minimum absolute atomic E-state index is 0.106. The fourth-order valence-electron chi connectivity index (χ4n) is 2.79. The highest BCUT2D eigenvalue weighted by Gasteiger charge is 2.17. The summed E-state index contributed by atoms with van der Waals surface area (Å²) in [5, 5.41) is 2.55. The first-order valence-electron chi connectivity index (χ1n) is 8.16. The van der Waals surface area contributed by atoms with Crippen LogP contribution in [0.2, 0.25) is 0 Å². The fourth-order valence-corrected chi connectivity index (χ4v) is 2.79. The molecular weight excluding hydrogens is 348 g/mol. The molecule has 0 aliphatic heterocycles. The van der Waals surface area contributed by atoms with E-state index in [-0.39, 0.29) is 6.01 Å². The second kappa shape index (κ2) is 6.13. The predicted octanol–water partition coefficient (Wildman–Crippen LogP) is 1.33. The van der Waals surface area contributed by atoms with Crippen molar-refractivity contribution in [3.8, 4) is 11.1 Å². The Morgan fingerprint density at radius 1 is 1.22 bits per heavy atom. The van der Waals surface area contributed by atoms with Crippen LogP contribution in [0.25, 0.3) is 27.9 Å². The number of nitrogens with zero attached hydrogens (tertiary/aromatic N) is 3. The molecule has 0 radical (unpaired) electrons. The van der Waals surface area contributed by atoms with Crippen molar-refractivity contribution in [2.75, 3.05) is 5.73 Å². The largest absolute Gasteiger partial charge is 0.424 e. The topological polar surface area (TPSA) is 142 Å². The molecule has 4 rings (SSSR count). The number of anilines is 1. The number of benzene rings is 1. The number of amides is 2. The molecule has 1 aromatic carbocycles. The average molecular weight is 364 g/mol. The molecule has 0 aliphatic carbocycles. The molecule has 0 fully saturated rings. The number of nitrogens with two attached hydrogens (primary N) is 2. The molecule has 0 bridgehead atoms. The number of hydrogen-bond acceptors (Lipinski definition) is 6. The van der Waals surface area contributed by atoms with E-state index in [1.54, 1.807) is 22.7 Å². The van der Waals surface area contributed by atoms with Gasteiger partial charge in [0.2, 0.25) is 5.91 Å². The third kappa shape index (κ3) is 2.95. The number of nitrogens with one attached hydrogen (secondary N) is 1. The van der Waals surface area contributed by atoms with E-state index in [4.69, 9.17) is 15.9 Å². The fraction of sp³-hybridized carbons (Fsp3) is 0.111. The van der Waals surface area contributed by atoms with Gasteiger partial charge in [-0.05, 0) is 42.3 Å². The van der Waals surface area contributed by atoms with Gasteiger partial charge in [-0.25, -0.2) is 4.98 Å². The van der Waals surface area contributed by atoms with Gasteiger partial charge in [0.05, 0.1) is 6.20 Å². The summed E-state index contributed by atoms with van der Waals surface area (Å²) in [6.07, 6.45) is 3.24. The van der Waals surface area contributed by atoms with Gasteiger partial charge in [-0.2, -0.15) is 4.98 Å². The maximum Gasteiger partial charge on any atom is 0.292 e. The third-order valence-electron chi connectivity index (χ3n) is 4.25. The first-order valence-corrected chi connectivity index (χ1v) is 8.16. The lowest BCUT2D eigenvalue weighted by Crippen LogP contribution is -2.42. The number of aromatic nitrogens is 3. The molecule has 9 nitrogen and oxygen atoms in total. The van der Waals surface area contributed by atoms with Crippen LogP contribution in [0.4, 0.5) is 6.01 Å². The van der Waals surface area contributed by atoms with Crippen LogP contribution in [0.5, 0.6) is 0 Å². The Balaban J connectivity index is 1.74. The second-order valence-corrected chi connectivity index (χ2v) is 6.12. The van der Waals surface area contributed by atoms with Crippen molar-refractivity contribution in [2.24, 2.45) is 5.73 Å². The smallest absolute Gasteiger partial charge is 0.292 e. The van der Waals surface area contributed by atoms with Crippen LogP contribution in [0.1, 0.15) is 17.4 Å². The Morgan fingerprint density at radius 3 is 2.78 bits per heavy atom. The molecule has 3 aromatic heterocycles. The summed E-state index contributed by atoms with van der Waals surface area (Å²) in [4.78, 5) is 32.0. The Hall–Kier alpha value is -3.88. The number of hydrogen-bond donors (Lipinski definition) is 3. The summed E-state index contributed by atoms with van der Waals surface area (Å²) < 4.78 is 6.94. The highest BCUT2D eigenvalue weighted by molar-refractivity contribution is 5.96. The molecule has 0 aliphatic rings. The van der Waals surface area contributed by atoms with Crippen LogP contribution in [-0.4, -0.2) is 32.2 Å². The number of imidazole rings is 1. The van der Waals surface area contributed by atoms with Crippen LogP contribution in [0, 0.1) is 0 Å². The highest BCUT2D eigenvalue weighted by atomic mass is 16.4. The number of carbonyl (C=O) groups excluding carboxylic acids is 2. The van der Waals surface area contributed by atoms with Crippen LogP contribution < -0.4 is 16.8 Å². The van der Waals surface area contributed by atoms with Crippen LogP contribution in [0.15, 0.2) is 47.1 Å². The summed E-state index contributed by atoms with van der Waals surface area (Å²) in [6.45, 7) is 1.52. The SMILES string of the molecule is C[C@H](NC(=O)c1cnc2ccc(-c3ccc4oc(N)nc4c3)cn12)C(N)=O. The van der Waals surface area contributed by atoms with Crippen molar-refractivity contribution in [1.82, 2.24) is 19.7 Å². The molecule has 3 heterocycles. The average Bonchev–Trinajstić information content (AvgIpc) is 3.22. The van der Waals surface area contributed by atoms with Gasteiger partial charge < -0.3 is 21.2 Å². The van der Waals surface area contributed by atoms with E-state index in [1.165, 1.54) is 13.1 Å². The molecule has 0 saturated heterocycles. The maximum atomic E-state index is 12.4. The van der Waals surface area contributed by atoms with Gasteiger partial charge in [0.15, 0.2) is 5.58 Å². The predicted molar refractivity (Wildman–Crippen MR) is 98.7 cm³/mol. The van der Waals surface area contributed by atoms with E-state index in [0.29, 0.717) is 22.4 Å². The molecule has 0 spiro atoms. The van der Waals surface area contributed by atoms with Gasteiger partial charge >= 0.3 is 0 Å². The number of oxazole rings is 1. The normalized spacial score (nSPS) is 12.3. The van der Waals surface area contributed by atoms with Crippen molar-refractivity contribution in [3.05, 3.63) is 48.4 Å². The molecule has 0 unspecified atom stereocenters. The first-order chi connectivity index (χ1) is 12.9. The summed E-state index contributed by atoms with van der Waals surface area (Å²) in [5.41, 5.74) is 14.6. The minimum Gasteiger partial charge on any atom is -0.424 e. The number of carbonyl (C=O) groups is 2. The van der Waals surface area contributed by atoms with E-state index < -0.39 is 17.9 Å². The quantitative estimate of drug-likeness (QED) is 0.499. The van der Waals surface area contributed by atoms with Gasteiger partial charge in [0.25, 0.3) is 11.9 Å². The number of fused-ring (bicyclic) bond motifs is 2. The molecular formula is C18H16N6O3.